The molecule has 0 atom stereocenters. The summed E-state index contributed by atoms with van der Waals surface area (Å²) in [5.74, 6) is -3.55. The molecule has 0 saturated carbocycles. The number of nitriles is 1. The van der Waals surface area contributed by atoms with Crippen molar-refractivity contribution in [1.29, 1.82) is 5.26 Å². The zero-order chi connectivity index (χ0) is 21.6. The second-order valence-corrected chi connectivity index (χ2v) is 6.86. The zero-order valence-corrected chi connectivity index (χ0v) is 15.6. The number of benzene rings is 2. The first-order valence-electron chi connectivity index (χ1n) is 8.47. The summed E-state index contributed by atoms with van der Waals surface area (Å²) in [6.07, 6.45) is 2.80. The van der Waals surface area contributed by atoms with Crippen LogP contribution in [0.5, 0.6) is 0 Å². The molecule has 0 unspecified atom stereocenters. The van der Waals surface area contributed by atoms with E-state index in [4.69, 9.17) is 16.9 Å². The van der Waals surface area contributed by atoms with E-state index < -0.39 is 41.5 Å². The van der Waals surface area contributed by atoms with Gasteiger partial charge in [0, 0.05) is 17.1 Å². The maximum Gasteiger partial charge on any atom is 0.329 e. The van der Waals surface area contributed by atoms with Gasteiger partial charge in [-0.1, -0.05) is 17.7 Å². The molecule has 0 aliphatic carbocycles. The van der Waals surface area contributed by atoms with E-state index >= 15 is 0 Å². The first-order chi connectivity index (χ1) is 14.3. The molecule has 2 N–H and O–H groups in total. The molecule has 4 rings (SSSR count). The molecule has 150 valence electrons. The molecule has 0 bridgehead atoms. The van der Waals surface area contributed by atoms with Gasteiger partial charge < -0.3 is 10.3 Å². The number of hydrogen-bond acceptors (Lipinski definition) is 3. The van der Waals surface area contributed by atoms with Crippen LogP contribution in [0.2, 0.25) is 5.02 Å². The van der Waals surface area contributed by atoms with Gasteiger partial charge in [0.25, 0.3) is 5.91 Å². The van der Waals surface area contributed by atoms with Gasteiger partial charge in [-0.15, -0.1) is 0 Å². The van der Waals surface area contributed by atoms with Crippen molar-refractivity contribution < 1.29 is 22.8 Å². The third kappa shape index (κ3) is 3.17. The van der Waals surface area contributed by atoms with Gasteiger partial charge in [-0.05, 0) is 29.8 Å². The highest BCUT2D eigenvalue weighted by Gasteiger charge is 2.34. The van der Waals surface area contributed by atoms with Crippen molar-refractivity contribution in [3.05, 3.63) is 75.3 Å². The number of rotatable bonds is 3. The summed E-state index contributed by atoms with van der Waals surface area (Å²) >= 11 is 5.75. The fourth-order valence-electron chi connectivity index (χ4n) is 3.16. The molecule has 10 heteroatoms. The number of halogens is 4. The number of urea groups is 1. The largest absolute Gasteiger partial charge is 0.358 e. The van der Waals surface area contributed by atoms with E-state index in [-0.39, 0.29) is 21.8 Å². The Bertz CT molecular complexity index is 1290. The van der Waals surface area contributed by atoms with Crippen molar-refractivity contribution in [3.63, 3.8) is 0 Å². The molecular weight excluding hydrogens is 421 g/mol. The fourth-order valence-corrected chi connectivity index (χ4v) is 3.31. The lowest BCUT2D eigenvalue weighted by Crippen LogP contribution is -2.30. The van der Waals surface area contributed by atoms with Gasteiger partial charge in [-0.3, -0.25) is 9.69 Å². The van der Waals surface area contributed by atoms with Crippen molar-refractivity contribution in [1.82, 2.24) is 15.2 Å². The predicted octanol–water partition coefficient (Wildman–Crippen LogP) is 4.20. The molecule has 0 spiro atoms. The number of H-pyrrole nitrogens is 1. The highest BCUT2D eigenvalue weighted by molar-refractivity contribution is 6.31. The lowest BCUT2D eigenvalue weighted by atomic mass is 10.1. The maximum atomic E-state index is 14.1. The standard InChI is InChI=1S/C20H10ClF3N4O2/c21-13-2-1-11-10(7-26-18(11)17(13)24)5-16-19(29)28(20(30)27-16)8-9-3-14(22)12(6-25)15(23)4-9/h1-5,7,26H,8H2,(H,27,30)/b16-5-. The molecule has 1 saturated heterocycles. The van der Waals surface area contributed by atoms with Crippen LogP contribution >= 0.6 is 11.6 Å². The summed E-state index contributed by atoms with van der Waals surface area (Å²) in [6.45, 7) is -0.403. The van der Waals surface area contributed by atoms with E-state index in [0.717, 1.165) is 17.0 Å². The van der Waals surface area contributed by atoms with Crippen LogP contribution in [0, 0.1) is 28.8 Å². The molecule has 2 aromatic carbocycles. The Hall–Kier alpha value is -3.77. The molecule has 3 amide bonds. The van der Waals surface area contributed by atoms with Crippen LogP contribution in [0.1, 0.15) is 16.7 Å². The number of fused-ring (bicyclic) bond motifs is 1. The summed E-state index contributed by atoms with van der Waals surface area (Å²) in [7, 11) is 0. The number of aromatic nitrogens is 1. The minimum absolute atomic E-state index is 0.00226. The Morgan fingerprint density at radius 3 is 2.53 bits per heavy atom. The topological polar surface area (TPSA) is 89.0 Å². The van der Waals surface area contributed by atoms with Crippen molar-refractivity contribution in [2.45, 2.75) is 6.54 Å². The lowest BCUT2D eigenvalue weighted by molar-refractivity contribution is -0.123. The first-order valence-corrected chi connectivity index (χ1v) is 8.85. The van der Waals surface area contributed by atoms with Crippen molar-refractivity contribution in [2.24, 2.45) is 0 Å². The van der Waals surface area contributed by atoms with Gasteiger partial charge in [0.05, 0.1) is 17.1 Å². The van der Waals surface area contributed by atoms with Crippen molar-refractivity contribution in [2.75, 3.05) is 0 Å². The quantitative estimate of drug-likeness (QED) is 0.482. The van der Waals surface area contributed by atoms with E-state index in [1.54, 1.807) is 6.07 Å². The molecule has 1 aromatic heterocycles. The van der Waals surface area contributed by atoms with E-state index in [9.17, 15) is 22.8 Å². The van der Waals surface area contributed by atoms with E-state index in [0.29, 0.717) is 10.9 Å². The number of amides is 3. The number of carbonyl (C=O) groups excluding carboxylic acids is 2. The van der Waals surface area contributed by atoms with Gasteiger partial charge in [-0.25, -0.2) is 18.0 Å². The molecule has 1 aliphatic rings. The predicted molar refractivity (Wildman–Crippen MR) is 101 cm³/mol. The van der Waals surface area contributed by atoms with Crippen molar-refractivity contribution >= 4 is 40.5 Å². The summed E-state index contributed by atoms with van der Waals surface area (Å²) in [5.41, 5.74) is -0.264. The van der Waals surface area contributed by atoms with Gasteiger partial charge in [0.2, 0.25) is 0 Å². The Morgan fingerprint density at radius 1 is 1.17 bits per heavy atom. The third-order valence-corrected chi connectivity index (χ3v) is 4.89. The Kier molecular flexibility index (Phi) is 4.72. The van der Waals surface area contributed by atoms with Crippen LogP contribution in [0.3, 0.4) is 0 Å². The molecular formula is C20H10ClF3N4O2. The zero-order valence-electron chi connectivity index (χ0n) is 14.9. The third-order valence-electron chi connectivity index (χ3n) is 4.59. The maximum absolute atomic E-state index is 14.1. The molecule has 1 fully saturated rings. The normalized spacial score (nSPS) is 15.2. The molecule has 0 radical (unpaired) electrons. The first kappa shape index (κ1) is 19.5. The SMILES string of the molecule is N#Cc1c(F)cc(CN2C(=O)N/C(=C\c3c[nH]c4c(F)c(Cl)ccc34)C2=O)cc1F. The summed E-state index contributed by atoms with van der Waals surface area (Å²) in [6, 6.07) is 5.31. The highest BCUT2D eigenvalue weighted by Crippen LogP contribution is 2.28. The number of hydrogen-bond donors (Lipinski definition) is 2. The van der Waals surface area contributed by atoms with Gasteiger partial charge >= 0.3 is 6.03 Å². The van der Waals surface area contributed by atoms with E-state index in [2.05, 4.69) is 10.3 Å². The number of nitrogens with zero attached hydrogens (tertiary/aromatic N) is 2. The number of aromatic amines is 1. The van der Waals surface area contributed by atoms with Gasteiger partial charge in [-0.2, -0.15) is 5.26 Å². The lowest BCUT2D eigenvalue weighted by Gasteiger charge is -2.12. The second-order valence-electron chi connectivity index (χ2n) is 6.45. The average Bonchev–Trinajstić information content (AvgIpc) is 3.21. The number of carbonyl (C=O) groups is 2. The molecule has 30 heavy (non-hydrogen) atoms. The highest BCUT2D eigenvalue weighted by atomic mass is 35.5. The van der Waals surface area contributed by atoms with E-state index in [1.165, 1.54) is 24.4 Å². The van der Waals surface area contributed by atoms with Gasteiger partial charge in [0.15, 0.2) is 5.82 Å². The van der Waals surface area contributed by atoms with Crippen LogP contribution in [0.25, 0.3) is 17.0 Å². The number of nitrogens with one attached hydrogen (secondary N) is 2. The Labute approximate surface area is 172 Å². The van der Waals surface area contributed by atoms with Crippen LogP contribution in [-0.4, -0.2) is 21.8 Å². The summed E-state index contributed by atoms with van der Waals surface area (Å²) in [5, 5.41) is 11.5. The monoisotopic (exact) mass is 430 g/mol. The summed E-state index contributed by atoms with van der Waals surface area (Å²) in [4.78, 5) is 28.3. The minimum atomic E-state index is -1.09. The van der Waals surface area contributed by atoms with Crippen LogP contribution < -0.4 is 5.32 Å². The van der Waals surface area contributed by atoms with Crippen LogP contribution in [-0.2, 0) is 11.3 Å². The van der Waals surface area contributed by atoms with Crippen LogP contribution in [0.4, 0.5) is 18.0 Å². The Morgan fingerprint density at radius 2 is 1.87 bits per heavy atom. The minimum Gasteiger partial charge on any atom is -0.358 e. The Balaban J connectivity index is 1.64. The smallest absolute Gasteiger partial charge is 0.329 e. The fraction of sp³-hybridized carbons (Fsp3) is 0.0500. The molecule has 3 aromatic rings. The summed E-state index contributed by atoms with van der Waals surface area (Å²) < 4.78 is 41.7. The second kappa shape index (κ2) is 7.24. The van der Waals surface area contributed by atoms with Crippen molar-refractivity contribution in [3.8, 4) is 6.07 Å². The number of imide groups is 1. The molecule has 6 nitrogen and oxygen atoms in total. The molecule has 2 heterocycles. The van der Waals surface area contributed by atoms with Crippen LogP contribution in [0.15, 0.2) is 36.2 Å². The van der Waals surface area contributed by atoms with E-state index in [1.807, 2.05) is 0 Å². The average molecular weight is 431 g/mol. The molecule has 1 aliphatic heterocycles. The van der Waals surface area contributed by atoms with Gasteiger partial charge in [0.1, 0.15) is 29.0 Å².